The number of hydrogen-bond acceptors (Lipinski definition) is 3. The Bertz CT molecular complexity index is 495. The molecule has 1 aliphatic heterocycles. The van der Waals surface area contributed by atoms with Crippen molar-refractivity contribution in [2.75, 3.05) is 13.1 Å². The first-order chi connectivity index (χ1) is 7.74. The van der Waals surface area contributed by atoms with Crippen molar-refractivity contribution in [3.05, 3.63) is 28.9 Å². The molecule has 3 nitrogen and oxygen atoms in total. The lowest BCUT2D eigenvalue weighted by Gasteiger charge is -1.99. The predicted octanol–water partition coefficient (Wildman–Crippen LogP) is 2.70. The number of rotatable bonds is 1. The highest BCUT2D eigenvalue weighted by Gasteiger charge is 2.22. The van der Waals surface area contributed by atoms with Gasteiger partial charge in [0.25, 0.3) is 0 Å². The number of halogens is 2. The number of nitrogens with zero attached hydrogens (tertiary/aromatic N) is 1. The second kappa shape index (κ2) is 3.71. The summed E-state index contributed by atoms with van der Waals surface area (Å²) in [7, 11) is 0. The smallest absolute Gasteiger partial charge is 0.199 e. The van der Waals surface area contributed by atoms with Crippen molar-refractivity contribution in [3.63, 3.8) is 0 Å². The minimum absolute atomic E-state index is 0.0805. The summed E-state index contributed by atoms with van der Waals surface area (Å²) < 4.78 is 18.7. The van der Waals surface area contributed by atoms with Crippen molar-refractivity contribution in [2.24, 2.45) is 0 Å². The predicted molar refractivity (Wildman–Crippen MR) is 59.2 cm³/mol. The molecule has 1 aromatic heterocycles. The average Bonchev–Trinajstić information content (AvgIpc) is 2.86. The number of aromatic nitrogens is 1. The highest BCUT2D eigenvalue weighted by Crippen LogP contribution is 2.28. The Kier molecular flexibility index (Phi) is 2.33. The van der Waals surface area contributed by atoms with Crippen molar-refractivity contribution in [1.29, 1.82) is 0 Å². The maximum absolute atomic E-state index is 13.2. The molecule has 2 aromatic rings. The van der Waals surface area contributed by atoms with Gasteiger partial charge in [-0.1, -0.05) is 11.6 Å². The van der Waals surface area contributed by atoms with E-state index >= 15 is 0 Å². The van der Waals surface area contributed by atoms with Crippen LogP contribution in [-0.4, -0.2) is 18.1 Å². The molecule has 1 N–H and O–H groups in total. The van der Waals surface area contributed by atoms with E-state index in [1.807, 2.05) is 0 Å². The first-order valence-electron chi connectivity index (χ1n) is 5.20. The lowest BCUT2D eigenvalue weighted by Crippen LogP contribution is -2.07. The summed E-state index contributed by atoms with van der Waals surface area (Å²) in [6.45, 7) is 1.83. The zero-order chi connectivity index (χ0) is 11.1. The molecule has 5 heteroatoms. The molecule has 1 aromatic carbocycles. The molecular formula is C11H10ClFN2O. The molecule has 1 atom stereocenters. The molecule has 3 rings (SSSR count). The maximum atomic E-state index is 13.2. The molecular weight excluding hydrogens is 231 g/mol. The van der Waals surface area contributed by atoms with E-state index in [1.54, 1.807) is 0 Å². The molecule has 2 heterocycles. The third kappa shape index (κ3) is 1.58. The molecule has 0 radical (unpaired) electrons. The molecule has 1 saturated heterocycles. The second-order valence-electron chi connectivity index (χ2n) is 3.98. The van der Waals surface area contributed by atoms with Crippen molar-refractivity contribution in [1.82, 2.24) is 10.3 Å². The number of oxazole rings is 1. The molecule has 0 amide bonds. The fraction of sp³-hybridized carbons (Fsp3) is 0.364. The van der Waals surface area contributed by atoms with Gasteiger partial charge < -0.3 is 9.73 Å². The third-order valence-corrected chi connectivity index (χ3v) is 3.15. The highest BCUT2D eigenvalue weighted by molar-refractivity contribution is 6.31. The minimum Gasteiger partial charge on any atom is -0.440 e. The van der Waals surface area contributed by atoms with Gasteiger partial charge in [0.2, 0.25) is 0 Å². The van der Waals surface area contributed by atoms with Crippen LogP contribution in [0.3, 0.4) is 0 Å². The van der Waals surface area contributed by atoms with Gasteiger partial charge in [0.1, 0.15) is 11.3 Å². The Hall–Kier alpha value is -1.13. The van der Waals surface area contributed by atoms with Crippen molar-refractivity contribution in [2.45, 2.75) is 12.3 Å². The van der Waals surface area contributed by atoms with E-state index in [-0.39, 0.29) is 10.9 Å². The average molecular weight is 241 g/mol. The summed E-state index contributed by atoms with van der Waals surface area (Å²) in [6, 6.07) is 2.79. The first-order valence-corrected chi connectivity index (χ1v) is 5.58. The standard InChI is InChI=1S/C11H10ClFN2O/c12-7-3-9-10(4-8(7)13)16-11(15-9)6-1-2-14-5-6/h3-4,6,14H,1-2,5H2. The second-order valence-corrected chi connectivity index (χ2v) is 4.38. The summed E-state index contributed by atoms with van der Waals surface area (Å²) in [4.78, 5) is 4.34. The van der Waals surface area contributed by atoms with E-state index in [4.69, 9.17) is 16.0 Å². The van der Waals surface area contributed by atoms with Gasteiger partial charge in [0, 0.05) is 18.5 Å². The molecule has 84 valence electrons. The molecule has 1 unspecified atom stereocenters. The fourth-order valence-corrected chi connectivity index (χ4v) is 2.14. The molecule has 0 bridgehead atoms. The molecule has 0 saturated carbocycles. The molecule has 0 spiro atoms. The lowest BCUT2D eigenvalue weighted by molar-refractivity contribution is 0.483. The fourth-order valence-electron chi connectivity index (χ4n) is 1.98. The van der Waals surface area contributed by atoms with E-state index in [9.17, 15) is 4.39 Å². The molecule has 16 heavy (non-hydrogen) atoms. The third-order valence-electron chi connectivity index (χ3n) is 2.86. The zero-order valence-electron chi connectivity index (χ0n) is 8.46. The molecule has 1 fully saturated rings. The van der Waals surface area contributed by atoms with Crippen LogP contribution in [0.2, 0.25) is 5.02 Å². The topological polar surface area (TPSA) is 38.1 Å². The number of benzene rings is 1. The van der Waals surface area contributed by atoms with Crippen LogP contribution in [0.4, 0.5) is 4.39 Å². The van der Waals surface area contributed by atoms with Gasteiger partial charge in [-0.05, 0) is 19.0 Å². The lowest BCUT2D eigenvalue weighted by atomic mass is 10.1. The SMILES string of the molecule is Fc1cc2oc(C3CCNC3)nc2cc1Cl. The van der Waals surface area contributed by atoms with Gasteiger partial charge in [-0.15, -0.1) is 0 Å². The van der Waals surface area contributed by atoms with E-state index in [0.29, 0.717) is 17.0 Å². The van der Waals surface area contributed by atoms with Crippen LogP contribution in [0.25, 0.3) is 11.1 Å². The molecule has 0 aliphatic carbocycles. The van der Waals surface area contributed by atoms with E-state index in [1.165, 1.54) is 12.1 Å². The van der Waals surface area contributed by atoms with Crippen LogP contribution in [0.1, 0.15) is 18.2 Å². The van der Waals surface area contributed by atoms with Crippen LogP contribution < -0.4 is 5.32 Å². The Morgan fingerprint density at radius 1 is 1.50 bits per heavy atom. The van der Waals surface area contributed by atoms with Gasteiger partial charge >= 0.3 is 0 Å². The number of nitrogens with one attached hydrogen (secondary N) is 1. The van der Waals surface area contributed by atoms with Crippen LogP contribution in [0, 0.1) is 5.82 Å². The van der Waals surface area contributed by atoms with Gasteiger partial charge in [-0.2, -0.15) is 0 Å². The Balaban J connectivity index is 2.08. The number of fused-ring (bicyclic) bond motifs is 1. The monoisotopic (exact) mass is 240 g/mol. The quantitative estimate of drug-likeness (QED) is 0.833. The van der Waals surface area contributed by atoms with Gasteiger partial charge in [0.05, 0.1) is 5.02 Å². The van der Waals surface area contributed by atoms with Crippen LogP contribution >= 0.6 is 11.6 Å². The Morgan fingerprint density at radius 3 is 3.12 bits per heavy atom. The first kappa shape index (κ1) is 10.1. The van der Waals surface area contributed by atoms with Crippen LogP contribution in [-0.2, 0) is 0 Å². The zero-order valence-corrected chi connectivity index (χ0v) is 9.22. The minimum atomic E-state index is -0.471. The summed E-state index contributed by atoms with van der Waals surface area (Å²) in [5.74, 6) is 0.484. The normalized spacial score (nSPS) is 20.8. The number of hydrogen-bond donors (Lipinski definition) is 1. The van der Waals surface area contributed by atoms with Crippen molar-refractivity contribution >= 4 is 22.7 Å². The Labute approximate surface area is 96.6 Å². The van der Waals surface area contributed by atoms with Crippen LogP contribution in [0.15, 0.2) is 16.5 Å². The summed E-state index contributed by atoms with van der Waals surface area (Å²) in [6.07, 6.45) is 1.00. The van der Waals surface area contributed by atoms with E-state index in [2.05, 4.69) is 10.3 Å². The highest BCUT2D eigenvalue weighted by atomic mass is 35.5. The van der Waals surface area contributed by atoms with Gasteiger partial charge in [-0.25, -0.2) is 9.37 Å². The van der Waals surface area contributed by atoms with Gasteiger partial charge in [-0.3, -0.25) is 0 Å². The summed E-state index contributed by atoms with van der Waals surface area (Å²) in [5, 5.41) is 3.32. The summed E-state index contributed by atoms with van der Waals surface area (Å²) >= 11 is 5.69. The van der Waals surface area contributed by atoms with Crippen molar-refractivity contribution in [3.8, 4) is 0 Å². The maximum Gasteiger partial charge on any atom is 0.199 e. The van der Waals surface area contributed by atoms with E-state index < -0.39 is 5.82 Å². The van der Waals surface area contributed by atoms with E-state index in [0.717, 1.165) is 19.5 Å². The van der Waals surface area contributed by atoms with Crippen LogP contribution in [0.5, 0.6) is 0 Å². The largest absolute Gasteiger partial charge is 0.440 e. The Morgan fingerprint density at radius 2 is 2.38 bits per heavy atom. The summed E-state index contributed by atoms with van der Waals surface area (Å²) in [5.41, 5.74) is 1.08. The van der Waals surface area contributed by atoms with Crippen molar-refractivity contribution < 1.29 is 8.81 Å². The van der Waals surface area contributed by atoms with Gasteiger partial charge in [0.15, 0.2) is 11.5 Å². The molecule has 1 aliphatic rings.